The molecule has 2 aromatic carbocycles. The quantitative estimate of drug-likeness (QED) is 0.0840. The summed E-state index contributed by atoms with van der Waals surface area (Å²) < 4.78 is 219. The number of rotatable bonds is 9. The summed E-state index contributed by atoms with van der Waals surface area (Å²) in [7, 11) is -3.89. The molecule has 0 saturated heterocycles. The maximum Gasteiger partial charge on any atom is 0.537 e. The van der Waals surface area contributed by atoms with E-state index in [-0.39, 0.29) is 97.8 Å². The van der Waals surface area contributed by atoms with Gasteiger partial charge in [0.2, 0.25) is 0 Å². The average molecular weight is 1290 g/mol. The minimum absolute atomic E-state index is 0. The summed E-state index contributed by atoms with van der Waals surface area (Å²) >= 11 is 24.2. The lowest BCUT2D eigenvalue weighted by Crippen LogP contribution is -2.57. The predicted molar refractivity (Wildman–Crippen MR) is 274 cm³/mol. The van der Waals surface area contributed by atoms with Crippen molar-refractivity contribution in [3.05, 3.63) is 58.7 Å². The molecule has 0 fully saturated rings. The van der Waals surface area contributed by atoms with E-state index in [1.165, 1.54) is 12.8 Å². The van der Waals surface area contributed by atoms with Crippen LogP contribution in [0.5, 0.6) is 0 Å². The van der Waals surface area contributed by atoms with Crippen molar-refractivity contribution in [1.82, 2.24) is 6.15 Å². The van der Waals surface area contributed by atoms with E-state index in [4.69, 9.17) is 101 Å². The number of alkyl halides is 14. The van der Waals surface area contributed by atoms with Gasteiger partial charge >= 0.3 is 74.2 Å². The Kier molecular flexibility index (Phi) is 80.9. The van der Waals surface area contributed by atoms with Crippen molar-refractivity contribution in [2.75, 3.05) is 31.6 Å². The van der Waals surface area contributed by atoms with Crippen LogP contribution < -0.4 is 16.5 Å². The van der Waals surface area contributed by atoms with Crippen molar-refractivity contribution in [3.8, 4) is 24.2 Å². The molecule has 0 radical (unpaired) electrons. The van der Waals surface area contributed by atoms with Crippen molar-refractivity contribution >= 4 is 141 Å². The van der Waals surface area contributed by atoms with E-state index < -0.39 is 102 Å². The lowest BCUT2D eigenvalue weighted by Gasteiger charge is -2.29. The second-order valence-corrected chi connectivity index (χ2v) is 22.2. The van der Waals surface area contributed by atoms with Crippen LogP contribution in [-0.2, 0) is 72.7 Å². The zero-order valence-electron chi connectivity index (χ0n) is 35.3. The van der Waals surface area contributed by atoms with E-state index in [1.807, 2.05) is 6.92 Å². The molecule has 71 heavy (non-hydrogen) atoms. The van der Waals surface area contributed by atoms with Crippen LogP contribution in [0.3, 0.4) is 0 Å². The first-order valence-electron chi connectivity index (χ1n) is 16.7. The molecular formula is C37H60Cl7F12NO9S3Si2. The van der Waals surface area contributed by atoms with Crippen molar-refractivity contribution < 1.29 is 91.2 Å². The summed E-state index contributed by atoms with van der Waals surface area (Å²) in [5.74, 6) is 7.99. The summed E-state index contributed by atoms with van der Waals surface area (Å²) in [6.45, 7) is 11.0. The lowest BCUT2D eigenvalue weighted by atomic mass is 10.1. The molecule has 10 nitrogen and oxygen atoms in total. The molecule has 0 aliphatic rings. The van der Waals surface area contributed by atoms with E-state index in [2.05, 4.69) is 31.6 Å². The molecule has 2 aromatic rings. The van der Waals surface area contributed by atoms with Crippen LogP contribution in [0.1, 0.15) is 106 Å². The van der Waals surface area contributed by atoms with Crippen LogP contribution >= 0.6 is 81.3 Å². The Labute approximate surface area is 458 Å². The third-order valence-corrected chi connectivity index (χ3v) is 11.6. The Bertz CT molecular complexity index is 1650. The molecule has 0 amide bonds. The summed E-state index contributed by atoms with van der Waals surface area (Å²) in [5.41, 5.74) is -5.84. The summed E-state index contributed by atoms with van der Waals surface area (Å²) in [6.07, 6.45) is -12.4. The number of terminal acetylenes is 1. The molecule has 0 saturated carbocycles. The van der Waals surface area contributed by atoms with Gasteiger partial charge in [-0.1, -0.05) is 69.2 Å². The van der Waals surface area contributed by atoms with E-state index in [0.717, 1.165) is 5.88 Å². The molecule has 0 aliphatic carbocycles. The van der Waals surface area contributed by atoms with Gasteiger partial charge in [-0.05, 0) is 74.2 Å². The van der Waals surface area contributed by atoms with Crippen molar-refractivity contribution in [3.63, 3.8) is 0 Å². The highest BCUT2D eigenvalue weighted by Gasteiger charge is 2.47. The third kappa shape index (κ3) is 54.6. The summed E-state index contributed by atoms with van der Waals surface area (Å²) in [6, 6.07) is -1.75. The average Bonchev–Trinajstić information content (AvgIpc) is 3.17. The lowest BCUT2D eigenvalue weighted by molar-refractivity contribution is -0.144. The zero-order valence-corrected chi connectivity index (χ0v) is 45.2. The fraction of sp³-hybridized carbons (Fsp3) is 0.568. The van der Waals surface area contributed by atoms with Crippen LogP contribution in [0.15, 0.2) is 36.4 Å². The van der Waals surface area contributed by atoms with Gasteiger partial charge < -0.3 is 19.4 Å². The van der Waals surface area contributed by atoms with Crippen LogP contribution in [0.25, 0.3) is 0 Å². The topological polar surface area (TPSA) is 165 Å². The number of halogens is 19. The molecule has 3 N–H and O–H groups in total. The Balaban J connectivity index is -0.0000000575. The molecule has 0 heterocycles. The van der Waals surface area contributed by atoms with E-state index in [1.54, 1.807) is 20.8 Å². The molecular weight excluding hydrogens is 1230 g/mol. The fourth-order valence-corrected chi connectivity index (χ4v) is 7.52. The van der Waals surface area contributed by atoms with Gasteiger partial charge in [-0.3, -0.25) is 0 Å². The molecule has 0 spiro atoms. The maximum absolute atomic E-state index is 13.0. The highest BCUT2D eigenvalue weighted by Crippen LogP contribution is 2.37. The molecule has 0 bridgehead atoms. The van der Waals surface area contributed by atoms with Gasteiger partial charge in [0.1, 0.15) is 0 Å². The first kappa shape index (κ1) is 102. The Morgan fingerprint density at radius 1 is 0.521 bits per heavy atom. The van der Waals surface area contributed by atoms with Gasteiger partial charge in [0.25, 0.3) is 0 Å². The highest BCUT2D eigenvalue weighted by atomic mass is 35.8. The standard InChI is InChI=1S/C14H18F6O3Si.C8H3Cl3F6Si.C5H3Cl.C4H10.C2H5Cl.4CH4.2ClH.H3N.3O2S/c1-4-21-24(22-5-2,23-6-3)12-8-10(13(15,16)17)7-11(9-12)14(18,19)20;9-18(10,11)6-2-4(7(12,13)14)1-5(3-6)8(15,16)17;1-2-3-4-5-6;1-3-4-2;1-2-3;;;;;;;;3*1-3-2/h7-9H,4-6H2,1-3H3;1-3H;1H,5H2;3-4H2,1-2H3;2H2,1H3;4*1H4;2*1H;1H3;;;. The molecule has 426 valence electrons. The molecule has 0 atom stereocenters. The predicted octanol–water partition coefficient (Wildman–Crippen LogP) is 14.0. The monoisotopic (exact) mass is 1290 g/mol. The van der Waals surface area contributed by atoms with E-state index in [0.29, 0.717) is 30.1 Å². The van der Waals surface area contributed by atoms with Crippen LogP contribution in [0, 0.1) is 24.2 Å². The fourth-order valence-electron chi connectivity index (χ4n) is 3.28. The normalized spacial score (nSPS) is 9.61. The third-order valence-electron chi connectivity index (χ3n) is 5.59. The number of hydrogen-bond donors (Lipinski definition) is 1. The van der Waals surface area contributed by atoms with E-state index >= 15 is 0 Å². The van der Waals surface area contributed by atoms with Gasteiger partial charge in [-0.2, -0.15) is 77.9 Å². The minimum atomic E-state index is -4.94. The molecule has 34 heteroatoms. The number of benzene rings is 2. The smallest absolute Gasteiger partial charge is 0.370 e. The summed E-state index contributed by atoms with van der Waals surface area (Å²) in [5, 5.41) is -0.926. The maximum atomic E-state index is 13.0. The minimum Gasteiger partial charge on any atom is -0.370 e. The van der Waals surface area contributed by atoms with Crippen LogP contribution in [-0.4, -0.2) is 71.6 Å². The van der Waals surface area contributed by atoms with Crippen molar-refractivity contribution in [2.24, 2.45) is 0 Å². The zero-order chi connectivity index (χ0) is 52.0. The van der Waals surface area contributed by atoms with E-state index in [9.17, 15) is 52.7 Å². The summed E-state index contributed by atoms with van der Waals surface area (Å²) in [4.78, 5) is 0. The van der Waals surface area contributed by atoms with Crippen LogP contribution in [0.4, 0.5) is 52.7 Å². The largest absolute Gasteiger partial charge is 0.537 e. The molecule has 2 rings (SSSR count). The number of unbranched alkanes of at least 4 members (excludes halogenated alkanes) is 1. The van der Waals surface area contributed by atoms with Gasteiger partial charge in [0.05, 0.1) is 28.1 Å². The number of hydrogen-bond acceptors (Lipinski definition) is 10. The van der Waals surface area contributed by atoms with Gasteiger partial charge in [0, 0.05) is 30.9 Å². The second kappa shape index (κ2) is 56.2. The Hall–Kier alpha value is -1.52. The Morgan fingerprint density at radius 2 is 0.732 bits per heavy atom. The SMILES string of the molecule is C.C.C.C.C#CC#CCCl.CCCC.CCCl.CCO[Si](OCC)(OCC)c1cc(C(F)(F)F)cc(C(F)(F)F)c1.Cl.Cl.FC(F)(F)c1cc(C(F)(F)F)cc([Si](Cl)(Cl)Cl)c1.N.O=S=O.O=S=O.O=S=O. The van der Waals surface area contributed by atoms with Gasteiger partial charge in [-0.15, -0.1) is 87.7 Å². The van der Waals surface area contributed by atoms with Crippen molar-refractivity contribution in [2.45, 2.75) is 109 Å². The highest BCUT2D eigenvalue weighted by molar-refractivity contribution is 7.69. The van der Waals surface area contributed by atoms with Crippen molar-refractivity contribution in [1.29, 1.82) is 0 Å². The first-order valence-corrected chi connectivity index (χ1v) is 26.5. The molecule has 0 aliphatic heterocycles. The molecule has 0 unspecified atom stereocenters. The van der Waals surface area contributed by atoms with Gasteiger partial charge in [-0.25, -0.2) is 0 Å². The van der Waals surface area contributed by atoms with Gasteiger partial charge in [0.15, 0.2) is 0 Å². The molecule has 0 aromatic heterocycles. The second-order valence-electron chi connectivity index (χ2n) is 9.99. The van der Waals surface area contributed by atoms with Crippen LogP contribution in [0.2, 0.25) is 0 Å². The first-order chi connectivity index (χ1) is 29.3. The Morgan fingerprint density at radius 3 is 0.859 bits per heavy atom.